The number of carbonyl (C=O) groups is 6. The van der Waals surface area contributed by atoms with Crippen LogP contribution in [-0.2, 0) is 25.6 Å². The summed E-state index contributed by atoms with van der Waals surface area (Å²) in [4.78, 5) is 82.1. The van der Waals surface area contributed by atoms with Gasteiger partial charge in [-0.2, -0.15) is 0 Å². The van der Waals surface area contributed by atoms with Gasteiger partial charge in [-0.1, -0.05) is 12.1 Å². The number of fused-ring (bicyclic) bond motifs is 3. The molecular weight excluding hydrogens is 544 g/mol. The van der Waals surface area contributed by atoms with Gasteiger partial charge in [-0.05, 0) is 62.2 Å². The highest BCUT2D eigenvalue weighted by atomic mass is 16.3. The Kier molecular flexibility index (Phi) is 6.82. The van der Waals surface area contributed by atoms with Gasteiger partial charge in [-0.3, -0.25) is 33.7 Å². The van der Waals surface area contributed by atoms with E-state index in [2.05, 4.69) is 0 Å². The molecule has 3 aliphatic rings. The molecule has 12 heteroatoms. The van der Waals surface area contributed by atoms with Gasteiger partial charge in [0.15, 0.2) is 34.7 Å². The molecule has 42 heavy (non-hydrogen) atoms. The first-order chi connectivity index (χ1) is 19.6. The summed E-state index contributed by atoms with van der Waals surface area (Å²) in [6, 6.07) is 6.69. The standard InChI is InChI=1S/C30H32N4O8/c1-33(2)18-11-15(12-6-5-7-13(8-12)28(31)40)23(35)20-16(18)9-14-10-17-22(34(3)4)25(37)21(29(32)41)27(39)30(17,42)26(38)19(14)24(20)36/h5-8,11,14,17,19,21-22,35,42H,9-10H2,1-4H3,(H2,31,40)(H2,32,41)/t14-,17-,19?,21?,22-,30-/m0/s1. The van der Waals surface area contributed by atoms with Gasteiger partial charge in [0.05, 0.1) is 17.5 Å². The van der Waals surface area contributed by atoms with Gasteiger partial charge in [0, 0.05) is 36.8 Å². The minimum Gasteiger partial charge on any atom is -0.507 e. The molecule has 2 aromatic rings. The SMILES string of the molecule is CN(C)c1cc(-c2cccc(C(N)=O)c2)c(O)c2c1C[C@H]1C[C@H]3[C@H](N(C)C)C(=O)C(C(N)=O)C(=O)[C@@]3(O)C(=O)C1C2=O. The quantitative estimate of drug-likeness (QED) is 0.342. The summed E-state index contributed by atoms with van der Waals surface area (Å²) in [5.74, 6) is -11.9. The molecule has 0 aromatic heterocycles. The molecule has 2 aromatic carbocycles. The number of nitrogens with zero attached hydrogens (tertiary/aromatic N) is 2. The normalized spacial score (nSPS) is 28.7. The Hall–Kier alpha value is -4.42. The number of aromatic hydroxyl groups is 1. The third kappa shape index (κ3) is 3.97. The van der Waals surface area contributed by atoms with Crippen LogP contribution in [0.4, 0.5) is 5.69 Å². The van der Waals surface area contributed by atoms with E-state index in [4.69, 9.17) is 11.5 Å². The summed E-state index contributed by atoms with van der Waals surface area (Å²) in [6.07, 6.45) is 0.0917. The van der Waals surface area contributed by atoms with Crippen molar-refractivity contribution < 1.29 is 39.0 Å². The van der Waals surface area contributed by atoms with Gasteiger partial charge < -0.3 is 26.6 Å². The number of carbonyl (C=O) groups excluding carboxylic acids is 6. The van der Waals surface area contributed by atoms with E-state index in [-0.39, 0.29) is 29.5 Å². The van der Waals surface area contributed by atoms with Crippen LogP contribution in [0.15, 0.2) is 30.3 Å². The van der Waals surface area contributed by atoms with E-state index in [0.717, 1.165) is 0 Å². The highest BCUT2D eigenvalue weighted by Gasteiger charge is 2.69. The van der Waals surface area contributed by atoms with Gasteiger partial charge in [-0.15, -0.1) is 0 Å². The van der Waals surface area contributed by atoms with E-state index >= 15 is 0 Å². The molecule has 2 unspecified atom stereocenters. The van der Waals surface area contributed by atoms with Crippen molar-refractivity contribution in [1.82, 2.24) is 4.90 Å². The second kappa shape index (κ2) is 9.85. The van der Waals surface area contributed by atoms with Crippen LogP contribution in [0.5, 0.6) is 5.75 Å². The summed E-state index contributed by atoms with van der Waals surface area (Å²) >= 11 is 0. The summed E-state index contributed by atoms with van der Waals surface area (Å²) in [5.41, 5.74) is 9.72. The third-order valence-electron chi connectivity index (χ3n) is 8.98. The summed E-state index contributed by atoms with van der Waals surface area (Å²) in [7, 11) is 6.57. The maximum absolute atomic E-state index is 14.2. The van der Waals surface area contributed by atoms with Gasteiger partial charge >= 0.3 is 0 Å². The maximum Gasteiger partial charge on any atom is 0.248 e. The highest BCUT2D eigenvalue weighted by Crippen LogP contribution is 2.53. The molecule has 5 rings (SSSR count). The van der Waals surface area contributed by atoms with Crippen LogP contribution < -0.4 is 16.4 Å². The van der Waals surface area contributed by atoms with E-state index in [9.17, 15) is 39.0 Å². The number of ketones is 4. The first-order valence-electron chi connectivity index (χ1n) is 13.4. The van der Waals surface area contributed by atoms with E-state index in [1.54, 1.807) is 37.2 Å². The molecule has 6 N–H and O–H groups in total. The molecule has 0 radical (unpaired) electrons. The molecule has 2 amide bonds. The molecular formula is C30H32N4O8. The zero-order chi connectivity index (χ0) is 31.0. The molecule has 12 nitrogen and oxygen atoms in total. The Morgan fingerprint density at radius 2 is 1.67 bits per heavy atom. The molecule has 0 heterocycles. The van der Waals surface area contributed by atoms with Crippen LogP contribution in [-0.4, -0.2) is 89.9 Å². The topological polar surface area (TPSA) is 201 Å². The minimum absolute atomic E-state index is 0.0417. The van der Waals surface area contributed by atoms with Crippen LogP contribution in [0.25, 0.3) is 11.1 Å². The Bertz CT molecular complexity index is 1600. The van der Waals surface area contributed by atoms with Gasteiger partial charge in [0.25, 0.3) is 0 Å². The first kappa shape index (κ1) is 29.1. The second-order valence-corrected chi connectivity index (χ2v) is 11.8. The number of likely N-dealkylation sites (N-methyl/N-ethyl adjacent to an activating group) is 1. The Morgan fingerprint density at radius 1 is 1.00 bits per heavy atom. The van der Waals surface area contributed by atoms with Crippen LogP contribution >= 0.6 is 0 Å². The van der Waals surface area contributed by atoms with Crippen LogP contribution in [0, 0.1) is 23.7 Å². The van der Waals surface area contributed by atoms with E-state index in [1.807, 2.05) is 0 Å². The van der Waals surface area contributed by atoms with Crippen molar-refractivity contribution in [3.05, 3.63) is 47.0 Å². The number of phenolic OH excluding ortho intramolecular Hbond substituents is 1. The number of nitrogens with two attached hydrogens (primary N) is 2. The lowest BCUT2D eigenvalue weighted by atomic mass is 9.52. The summed E-state index contributed by atoms with van der Waals surface area (Å²) in [5, 5.41) is 23.2. The number of primary amides is 2. The number of rotatable bonds is 5. The first-order valence-corrected chi connectivity index (χ1v) is 13.4. The van der Waals surface area contributed by atoms with Crippen molar-refractivity contribution in [3.63, 3.8) is 0 Å². The second-order valence-electron chi connectivity index (χ2n) is 11.8. The average Bonchev–Trinajstić information content (AvgIpc) is 2.90. The number of Topliss-reactive ketones (excluding diaryl/α,β-unsaturated/α-hetero) is 4. The molecule has 2 saturated carbocycles. The van der Waals surface area contributed by atoms with Crippen molar-refractivity contribution >= 4 is 40.6 Å². The largest absolute Gasteiger partial charge is 0.507 e. The summed E-state index contributed by atoms with van der Waals surface area (Å²) in [6.45, 7) is 0. The Balaban J connectivity index is 1.69. The maximum atomic E-state index is 14.2. The van der Waals surface area contributed by atoms with Crippen LogP contribution in [0.3, 0.4) is 0 Å². The molecule has 2 fully saturated rings. The molecule has 0 saturated heterocycles. The van der Waals surface area contributed by atoms with Crippen molar-refractivity contribution in [2.45, 2.75) is 24.5 Å². The lowest BCUT2D eigenvalue weighted by molar-refractivity contribution is -0.181. The Labute approximate surface area is 241 Å². The highest BCUT2D eigenvalue weighted by molar-refractivity contribution is 6.32. The monoisotopic (exact) mass is 576 g/mol. The van der Waals surface area contributed by atoms with E-state index in [0.29, 0.717) is 16.8 Å². The number of phenols is 1. The molecule has 3 aliphatic carbocycles. The van der Waals surface area contributed by atoms with Crippen molar-refractivity contribution in [2.75, 3.05) is 33.1 Å². The van der Waals surface area contributed by atoms with Gasteiger partial charge in [0.2, 0.25) is 11.8 Å². The van der Waals surface area contributed by atoms with Gasteiger partial charge in [0.1, 0.15) is 5.75 Å². The number of anilines is 1. The van der Waals surface area contributed by atoms with Crippen molar-refractivity contribution in [3.8, 4) is 16.9 Å². The average molecular weight is 577 g/mol. The van der Waals surface area contributed by atoms with E-state index in [1.165, 1.54) is 31.1 Å². The molecule has 220 valence electrons. The number of hydrogen-bond acceptors (Lipinski definition) is 10. The molecule has 0 aliphatic heterocycles. The number of benzene rings is 2. The fourth-order valence-corrected chi connectivity index (χ4v) is 7.11. The van der Waals surface area contributed by atoms with Gasteiger partial charge in [-0.25, -0.2) is 0 Å². The van der Waals surface area contributed by atoms with E-state index < -0.39 is 76.0 Å². The molecule has 0 bridgehead atoms. The fourth-order valence-electron chi connectivity index (χ4n) is 7.11. The number of amides is 2. The Morgan fingerprint density at radius 3 is 2.24 bits per heavy atom. The fraction of sp³-hybridized carbons (Fsp3) is 0.400. The predicted octanol–water partition coefficient (Wildman–Crippen LogP) is -0.301. The molecule has 6 atom stereocenters. The lowest BCUT2D eigenvalue weighted by Gasteiger charge is -2.52. The van der Waals surface area contributed by atoms with Crippen LogP contribution in [0.1, 0.15) is 32.7 Å². The predicted molar refractivity (Wildman–Crippen MR) is 150 cm³/mol. The van der Waals surface area contributed by atoms with Crippen LogP contribution in [0.2, 0.25) is 0 Å². The number of hydrogen-bond donors (Lipinski definition) is 4. The zero-order valence-electron chi connectivity index (χ0n) is 23.6. The number of aliphatic hydroxyl groups is 1. The summed E-state index contributed by atoms with van der Waals surface area (Å²) < 4.78 is 0. The van der Waals surface area contributed by atoms with Crippen molar-refractivity contribution in [2.24, 2.45) is 35.1 Å². The molecule has 0 spiro atoms. The zero-order valence-corrected chi connectivity index (χ0v) is 23.6. The van der Waals surface area contributed by atoms with Crippen molar-refractivity contribution in [1.29, 1.82) is 0 Å². The smallest absolute Gasteiger partial charge is 0.248 e. The minimum atomic E-state index is -2.80. The lowest BCUT2D eigenvalue weighted by Crippen LogP contribution is -2.74. The third-order valence-corrected chi connectivity index (χ3v) is 8.98.